The van der Waals surface area contributed by atoms with E-state index in [0.717, 1.165) is 16.1 Å². The molecule has 1 N–H and O–H groups in total. The monoisotopic (exact) mass is 225 g/mol. The lowest BCUT2D eigenvalue weighted by atomic mass is 9.96. The molecule has 0 aromatic heterocycles. The normalized spacial score (nSPS) is 19.5. The van der Waals surface area contributed by atoms with Crippen molar-refractivity contribution in [2.45, 2.75) is 19.0 Å². The average molecular weight is 226 g/mol. The molecule has 2 rings (SSSR count). The molecule has 1 aliphatic heterocycles. The van der Waals surface area contributed by atoms with Crippen LogP contribution < -0.4 is 5.32 Å². The van der Waals surface area contributed by atoms with Gasteiger partial charge in [-0.1, -0.05) is 23.7 Å². The van der Waals surface area contributed by atoms with Crippen LogP contribution in [0.5, 0.6) is 0 Å². The molecule has 1 heterocycles. The zero-order valence-electron chi connectivity index (χ0n) is 8.42. The third kappa shape index (κ3) is 1.98. The van der Waals surface area contributed by atoms with E-state index in [2.05, 4.69) is 5.32 Å². The molecule has 0 bridgehead atoms. The predicted molar refractivity (Wildman–Crippen MR) is 57.8 cm³/mol. The van der Waals surface area contributed by atoms with Gasteiger partial charge in [-0.15, -0.1) is 0 Å². The second kappa shape index (κ2) is 4.21. The Kier molecular flexibility index (Phi) is 2.93. The van der Waals surface area contributed by atoms with Crippen LogP contribution in [0, 0.1) is 0 Å². The number of methoxy groups -OCH3 is 1. The molecule has 0 amide bonds. The third-order valence-electron chi connectivity index (χ3n) is 2.65. The molecule has 1 atom stereocenters. The van der Waals surface area contributed by atoms with Crippen LogP contribution in [-0.4, -0.2) is 19.1 Å². The maximum absolute atomic E-state index is 11.3. The highest BCUT2D eigenvalue weighted by Gasteiger charge is 2.25. The van der Waals surface area contributed by atoms with Gasteiger partial charge >= 0.3 is 5.97 Å². The molecule has 4 heteroatoms. The number of fused-ring (bicyclic) bond motifs is 1. The van der Waals surface area contributed by atoms with Gasteiger partial charge in [0.1, 0.15) is 6.04 Å². The van der Waals surface area contributed by atoms with Crippen molar-refractivity contribution in [3.8, 4) is 0 Å². The molecule has 80 valence electrons. The highest BCUT2D eigenvalue weighted by Crippen LogP contribution is 2.24. The fourth-order valence-electron chi connectivity index (χ4n) is 1.82. The predicted octanol–water partition coefficient (Wildman–Crippen LogP) is 1.53. The van der Waals surface area contributed by atoms with Gasteiger partial charge in [0.2, 0.25) is 0 Å². The van der Waals surface area contributed by atoms with Crippen molar-refractivity contribution in [1.82, 2.24) is 5.32 Å². The van der Waals surface area contributed by atoms with E-state index in [1.165, 1.54) is 7.11 Å². The topological polar surface area (TPSA) is 38.3 Å². The zero-order valence-corrected chi connectivity index (χ0v) is 9.17. The number of ether oxygens (including phenoxy) is 1. The third-order valence-corrected chi connectivity index (χ3v) is 3.00. The lowest BCUT2D eigenvalue weighted by Gasteiger charge is -2.24. The van der Waals surface area contributed by atoms with Crippen LogP contribution in [0.25, 0.3) is 0 Å². The number of carbonyl (C=O) groups excluding carboxylic acids is 1. The maximum Gasteiger partial charge on any atom is 0.323 e. The molecule has 1 aromatic rings. The van der Waals surface area contributed by atoms with Crippen LogP contribution in [0.3, 0.4) is 0 Å². The highest BCUT2D eigenvalue weighted by molar-refractivity contribution is 6.31. The molecule has 0 radical (unpaired) electrons. The van der Waals surface area contributed by atoms with E-state index in [0.29, 0.717) is 13.0 Å². The number of hydrogen-bond acceptors (Lipinski definition) is 3. The van der Waals surface area contributed by atoms with E-state index < -0.39 is 0 Å². The SMILES string of the molecule is COC(=O)C1Cc2cccc(Cl)c2CN1. The van der Waals surface area contributed by atoms with E-state index in [9.17, 15) is 4.79 Å². The Morgan fingerprint density at radius 1 is 1.60 bits per heavy atom. The molecule has 3 nitrogen and oxygen atoms in total. The number of rotatable bonds is 1. The summed E-state index contributed by atoms with van der Waals surface area (Å²) in [5, 5.41) is 3.86. The number of carbonyl (C=O) groups is 1. The van der Waals surface area contributed by atoms with Gasteiger partial charge in [0.05, 0.1) is 7.11 Å². The summed E-state index contributed by atoms with van der Waals surface area (Å²) in [6.07, 6.45) is 0.641. The van der Waals surface area contributed by atoms with Crippen LogP contribution in [-0.2, 0) is 22.5 Å². The Labute approximate surface area is 93.4 Å². The van der Waals surface area contributed by atoms with Crippen molar-refractivity contribution in [1.29, 1.82) is 0 Å². The molecule has 1 aromatic carbocycles. The van der Waals surface area contributed by atoms with Crippen molar-refractivity contribution in [3.63, 3.8) is 0 Å². The van der Waals surface area contributed by atoms with Gasteiger partial charge in [0, 0.05) is 11.6 Å². The number of nitrogens with one attached hydrogen (secondary N) is 1. The zero-order chi connectivity index (χ0) is 10.8. The Hall–Kier alpha value is -1.06. The largest absolute Gasteiger partial charge is 0.468 e. The van der Waals surface area contributed by atoms with Gasteiger partial charge in [-0.25, -0.2) is 0 Å². The first-order valence-electron chi connectivity index (χ1n) is 4.80. The lowest BCUT2D eigenvalue weighted by molar-refractivity contribution is -0.143. The van der Waals surface area contributed by atoms with Crippen LogP contribution in [0.2, 0.25) is 5.02 Å². The quantitative estimate of drug-likeness (QED) is 0.737. The number of benzene rings is 1. The minimum Gasteiger partial charge on any atom is -0.468 e. The summed E-state index contributed by atoms with van der Waals surface area (Å²) in [7, 11) is 1.40. The summed E-state index contributed by atoms with van der Waals surface area (Å²) >= 11 is 6.05. The number of esters is 1. The molecular weight excluding hydrogens is 214 g/mol. The molecule has 0 saturated carbocycles. The van der Waals surface area contributed by atoms with E-state index in [1.807, 2.05) is 18.2 Å². The van der Waals surface area contributed by atoms with E-state index in [-0.39, 0.29) is 12.0 Å². The Morgan fingerprint density at radius 2 is 2.40 bits per heavy atom. The Bertz CT molecular complexity index is 392. The summed E-state index contributed by atoms with van der Waals surface area (Å²) < 4.78 is 4.70. The van der Waals surface area contributed by atoms with Gasteiger partial charge in [0.25, 0.3) is 0 Å². The smallest absolute Gasteiger partial charge is 0.323 e. The van der Waals surface area contributed by atoms with Crippen molar-refractivity contribution >= 4 is 17.6 Å². The molecule has 0 fully saturated rings. The van der Waals surface area contributed by atoms with Crippen molar-refractivity contribution < 1.29 is 9.53 Å². The highest BCUT2D eigenvalue weighted by atomic mass is 35.5. The second-order valence-corrected chi connectivity index (χ2v) is 3.95. The van der Waals surface area contributed by atoms with Gasteiger partial charge in [-0.2, -0.15) is 0 Å². The Morgan fingerprint density at radius 3 is 3.13 bits per heavy atom. The molecule has 0 aliphatic carbocycles. The molecule has 1 aliphatic rings. The van der Waals surface area contributed by atoms with Crippen molar-refractivity contribution in [2.24, 2.45) is 0 Å². The van der Waals surface area contributed by atoms with Crippen LogP contribution >= 0.6 is 11.6 Å². The molecule has 1 unspecified atom stereocenters. The first kappa shape index (κ1) is 10.5. The molecular formula is C11H12ClNO2. The number of hydrogen-bond donors (Lipinski definition) is 1. The van der Waals surface area contributed by atoms with Crippen LogP contribution in [0.4, 0.5) is 0 Å². The minimum atomic E-state index is -0.249. The molecule has 15 heavy (non-hydrogen) atoms. The number of halogens is 1. The van der Waals surface area contributed by atoms with Gasteiger partial charge in [0.15, 0.2) is 0 Å². The summed E-state index contributed by atoms with van der Waals surface area (Å²) in [5.41, 5.74) is 2.20. The first-order chi connectivity index (χ1) is 7.22. The van der Waals surface area contributed by atoms with E-state index in [4.69, 9.17) is 16.3 Å². The van der Waals surface area contributed by atoms with E-state index >= 15 is 0 Å². The summed E-state index contributed by atoms with van der Waals surface area (Å²) in [5.74, 6) is -0.222. The lowest BCUT2D eigenvalue weighted by Crippen LogP contribution is -2.42. The van der Waals surface area contributed by atoms with Gasteiger partial charge in [-0.3, -0.25) is 10.1 Å². The fraction of sp³-hybridized carbons (Fsp3) is 0.364. The van der Waals surface area contributed by atoms with Crippen LogP contribution in [0.1, 0.15) is 11.1 Å². The summed E-state index contributed by atoms with van der Waals surface area (Å²) in [6, 6.07) is 5.51. The average Bonchev–Trinajstić information content (AvgIpc) is 2.28. The maximum atomic E-state index is 11.3. The first-order valence-corrected chi connectivity index (χ1v) is 5.17. The molecule has 0 saturated heterocycles. The van der Waals surface area contributed by atoms with Crippen molar-refractivity contribution in [2.75, 3.05) is 7.11 Å². The van der Waals surface area contributed by atoms with Crippen LogP contribution in [0.15, 0.2) is 18.2 Å². The Balaban J connectivity index is 2.24. The van der Waals surface area contributed by atoms with Gasteiger partial charge < -0.3 is 4.74 Å². The van der Waals surface area contributed by atoms with E-state index in [1.54, 1.807) is 0 Å². The van der Waals surface area contributed by atoms with Gasteiger partial charge in [-0.05, 0) is 23.6 Å². The van der Waals surface area contributed by atoms with Crippen molar-refractivity contribution in [3.05, 3.63) is 34.3 Å². The summed E-state index contributed by atoms with van der Waals surface area (Å²) in [6.45, 7) is 0.620. The molecule has 0 spiro atoms. The fourth-order valence-corrected chi connectivity index (χ4v) is 2.08. The second-order valence-electron chi connectivity index (χ2n) is 3.54. The summed E-state index contributed by atoms with van der Waals surface area (Å²) in [4.78, 5) is 11.3. The standard InChI is InChI=1S/C11H12ClNO2/c1-15-11(14)10-5-7-3-2-4-9(12)8(7)6-13-10/h2-4,10,13H,5-6H2,1H3. The minimum absolute atomic E-state index is 0.222.